The van der Waals surface area contributed by atoms with Gasteiger partial charge in [-0.25, -0.2) is 4.68 Å². The van der Waals surface area contributed by atoms with Crippen LogP contribution in [0.5, 0.6) is 0 Å². The van der Waals surface area contributed by atoms with Crippen molar-refractivity contribution in [3.05, 3.63) is 79.3 Å². The van der Waals surface area contributed by atoms with E-state index in [2.05, 4.69) is 15.4 Å². The fraction of sp³-hybridized carbons (Fsp3) is 0.190. The third-order valence-electron chi connectivity index (χ3n) is 4.97. The first kappa shape index (κ1) is 20.3. The van der Waals surface area contributed by atoms with E-state index in [0.717, 1.165) is 11.4 Å². The molecule has 154 valence electrons. The minimum atomic E-state index is -0.249. The maximum atomic E-state index is 13.1. The van der Waals surface area contributed by atoms with Gasteiger partial charge in [-0.15, -0.1) is 0 Å². The largest absolute Gasteiger partial charge is 0.361 e. The van der Waals surface area contributed by atoms with Crippen LogP contribution in [0, 0.1) is 0 Å². The first-order valence-corrected chi connectivity index (χ1v) is 10.1. The molecule has 9 heteroatoms. The summed E-state index contributed by atoms with van der Waals surface area (Å²) in [5.41, 5.74) is 1.73. The Morgan fingerprint density at radius 3 is 2.83 bits per heavy atom. The minimum absolute atomic E-state index is 0.136. The van der Waals surface area contributed by atoms with E-state index in [9.17, 15) is 9.59 Å². The summed E-state index contributed by atoms with van der Waals surface area (Å²) in [6.07, 6.45) is 3.56. The van der Waals surface area contributed by atoms with Crippen LogP contribution < -0.4 is 21.4 Å². The number of hydrogen-bond donors (Lipinski definition) is 2. The predicted octanol–water partition coefficient (Wildman–Crippen LogP) is 1.41. The van der Waals surface area contributed by atoms with Gasteiger partial charge in [-0.3, -0.25) is 19.7 Å². The van der Waals surface area contributed by atoms with E-state index in [4.69, 9.17) is 23.2 Å². The molecule has 4 rings (SSSR count). The second kappa shape index (κ2) is 8.38. The summed E-state index contributed by atoms with van der Waals surface area (Å²) in [6.45, 7) is 2.82. The molecule has 1 aliphatic rings. The normalized spacial score (nSPS) is 13.0. The zero-order valence-electron chi connectivity index (χ0n) is 16.2. The summed E-state index contributed by atoms with van der Waals surface area (Å²) >= 11 is 12.4. The number of rotatable bonds is 5. The van der Waals surface area contributed by atoms with Crippen molar-refractivity contribution in [1.82, 2.24) is 25.0 Å². The summed E-state index contributed by atoms with van der Waals surface area (Å²) in [6, 6.07) is 10.7. The summed E-state index contributed by atoms with van der Waals surface area (Å²) in [7, 11) is 0. The van der Waals surface area contributed by atoms with Crippen molar-refractivity contribution in [3.63, 3.8) is 0 Å². The number of nitrogens with one attached hydrogen (secondary N) is 2. The molecule has 2 aromatic heterocycles. The molecular weight excluding hydrogens is 425 g/mol. The van der Waals surface area contributed by atoms with Crippen molar-refractivity contribution >= 4 is 40.9 Å². The smallest absolute Gasteiger partial charge is 0.280 e. The first-order valence-electron chi connectivity index (χ1n) is 9.34. The van der Waals surface area contributed by atoms with E-state index in [1.54, 1.807) is 24.4 Å². The summed E-state index contributed by atoms with van der Waals surface area (Å²) < 4.78 is 1.38. The number of nitrogens with zero attached hydrogens (tertiary/aromatic N) is 3. The fourth-order valence-electron chi connectivity index (χ4n) is 3.39. The molecule has 2 N–H and O–H groups in total. The third-order valence-corrected chi connectivity index (χ3v) is 5.78. The molecule has 0 unspecified atom stereocenters. The molecule has 0 fully saturated rings. The maximum Gasteiger partial charge on any atom is 0.280 e. The minimum Gasteiger partial charge on any atom is -0.361 e. The van der Waals surface area contributed by atoms with Gasteiger partial charge in [0.1, 0.15) is 0 Å². The number of H-pyrrole nitrogens is 1. The van der Waals surface area contributed by atoms with Crippen LogP contribution >= 0.6 is 23.2 Å². The van der Waals surface area contributed by atoms with Gasteiger partial charge in [-0.1, -0.05) is 35.3 Å². The van der Waals surface area contributed by atoms with Crippen molar-refractivity contribution in [1.29, 1.82) is 0 Å². The Morgan fingerprint density at radius 2 is 2.07 bits per heavy atom. The van der Waals surface area contributed by atoms with E-state index in [1.807, 2.05) is 36.1 Å². The van der Waals surface area contributed by atoms with Gasteiger partial charge in [0.25, 0.3) is 5.56 Å². The van der Waals surface area contributed by atoms with Gasteiger partial charge >= 0.3 is 0 Å². The van der Waals surface area contributed by atoms with Gasteiger partial charge in [0.15, 0.2) is 0 Å². The Hall–Kier alpha value is -3.03. The average molecular weight is 444 g/mol. The lowest BCUT2D eigenvalue weighted by molar-refractivity contribution is -0.121. The molecule has 0 saturated heterocycles. The van der Waals surface area contributed by atoms with Crippen LogP contribution in [0.3, 0.4) is 0 Å². The van der Waals surface area contributed by atoms with Crippen LogP contribution in [0.1, 0.15) is 12.6 Å². The number of amides is 1. The monoisotopic (exact) mass is 443 g/mol. The van der Waals surface area contributed by atoms with Gasteiger partial charge in [0, 0.05) is 18.4 Å². The number of aromatic nitrogens is 3. The molecule has 0 bridgehead atoms. The molecule has 0 saturated carbocycles. The number of halogens is 2. The number of carbonyl (C=O) groups excluding carboxylic acids is 1. The van der Waals surface area contributed by atoms with Crippen LogP contribution in [-0.4, -0.2) is 38.7 Å². The number of hydrogen-bond acceptors (Lipinski definition) is 4. The second-order valence-corrected chi connectivity index (χ2v) is 7.67. The highest BCUT2D eigenvalue weighted by molar-refractivity contribution is 6.43. The molecule has 1 aliphatic heterocycles. The molecule has 0 radical (unpaired) electrons. The highest BCUT2D eigenvalue weighted by Crippen LogP contribution is 2.26. The lowest BCUT2D eigenvalue weighted by Gasteiger charge is -2.24. The Bertz CT molecular complexity index is 1280. The third kappa shape index (κ3) is 3.86. The van der Waals surface area contributed by atoms with Gasteiger partial charge in [0.2, 0.25) is 5.91 Å². The van der Waals surface area contributed by atoms with Gasteiger partial charge < -0.3 is 10.2 Å². The summed E-state index contributed by atoms with van der Waals surface area (Å²) in [5.74, 6) is -0.148. The Balaban J connectivity index is 1.59. The van der Waals surface area contributed by atoms with Gasteiger partial charge in [0.05, 0.1) is 45.1 Å². The SMILES string of the molecule is CC1=c2c([nH]n(-c3cccc(Cl)c3Cl)c2=O)=CCN1CC(=O)NCc1ccccn1. The lowest BCUT2D eigenvalue weighted by atomic mass is 10.2. The van der Waals surface area contributed by atoms with Crippen molar-refractivity contribution in [2.45, 2.75) is 13.5 Å². The van der Waals surface area contributed by atoms with E-state index >= 15 is 0 Å². The quantitative estimate of drug-likeness (QED) is 0.624. The molecule has 7 nitrogen and oxygen atoms in total. The van der Waals surface area contributed by atoms with Crippen molar-refractivity contribution in [3.8, 4) is 5.69 Å². The lowest BCUT2D eigenvalue weighted by Crippen LogP contribution is -2.47. The molecule has 0 spiro atoms. The maximum absolute atomic E-state index is 13.1. The molecule has 3 heterocycles. The molecule has 1 aromatic carbocycles. The zero-order valence-corrected chi connectivity index (χ0v) is 17.7. The van der Waals surface area contributed by atoms with Crippen molar-refractivity contribution < 1.29 is 4.79 Å². The highest BCUT2D eigenvalue weighted by Gasteiger charge is 2.19. The predicted molar refractivity (Wildman–Crippen MR) is 117 cm³/mol. The zero-order chi connectivity index (χ0) is 21.3. The molecular formula is C21H19Cl2N5O2. The number of aromatic amines is 1. The standard InChI is InChI=1S/C21H19Cl2N5O2/c1-13-19-16(26-28(21(19)30)17-7-4-6-15(22)20(17)23)8-10-27(13)12-18(29)25-11-14-5-2-3-9-24-14/h2-9,26H,10-12H2,1H3,(H,25,29). The number of pyridine rings is 1. The Morgan fingerprint density at radius 1 is 1.23 bits per heavy atom. The molecule has 3 aromatic rings. The van der Waals surface area contributed by atoms with E-state index in [1.165, 1.54) is 4.68 Å². The first-order chi connectivity index (χ1) is 14.5. The van der Waals surface area contributed by atoms with Crippen LogP contribution in [0.15, 0.2) is 47.4 Å². The van der Waals surface area contributed by atoms with Gasteiger partial charge in [-0.05, 0) is 37.3 Å². The summed E-state index contributed by atoms with van der Waals surface area (Å²) in [4.78, 5) is 31.5. The number of carbonyl (C=O) groups is 1. The molecule has 0 aliphatic carbocycles. The molecule has 1 amide bonds. The van der Waals surface area contributed by atoms with Crippen molar-refractivity contribution in [2.24, 2.45) is 0 Å². The second-order valence-electron chi connectivity index (χ2n) is 6.88. The number of fused-ring (bicyclic) bond motifs is 1. The van der Waals surface area contributed by atoms with Crippen LogP contribution in [0.4, 0.5) is 0 Å². The Labute approximate surface area is 182 Å². The van der Waals surface area contributed by atoms with Gasteiger partial charge in [-0.2, -0.15) is 0 Å². The van der Waals surface area contributed by atoms with E-state index < -0.39 is 0 Å². The Kier molecular flexibility index (Phi) is 5.65. The number of benzene rings is 1. The fourth-order valence-corrected chi connectivity index (χ4v) is 3.77. The van der Waals surface area contributed by atoms with Crippen LogP contribution in [0.25, 0.3) is 17.5 Å². The van der Waals surface area contributed by atoms with E-state index in [-0.39, 0.29) is 18.0 Å². The summed E-state index contributed by atoms with van der Waals surface area (Å²) in [5, 5.41) is 7.81. The average Bonchev–Trinajstić information content (AvgIpc) is 3.08. The topological polar surface area (TPSA) is 83.0 Å². The van der Waals surface area contributed by atoms with E-state index in [0.29, 0.717) is 39.4 Å². The highest BCUT2D eigenvalue weighted by atomic mass is 35.5. The van der Waals surface area contributed by atoms with Crippen LogP contribution in [-0.2, 0) is 11.3 Å². The van der Waals surface area contributed by atoms with Crippen molar-refractivity contribution in [2.75, 3.05) is 13.1 Å². The molecule has 30 heavy (non-hydrogen) atoms. The van der Waals surface area contributed by atoms with Crippen LogP contribution in [0.2, 0.25) is 10.0 Å². The molecule has 0 atom stereocenters.